The number of carbonyl (C=O) groups is 5. The van der Waals surface area contributed by atoms with Gasteiger partial charge in [0.15, 0.2) is 0 Å². The molecule has 0 aliphatic heterocycles. The smallest absolute Gasteiger partial charge is 0.244 e. The van der Waals surface area contributed by atoms with E-state index in [0.29, 0.717) is 6.42 Å². The van der Waals surface area contributed by atoms with Gasteiger partial charge < -0.3 is 32.3 Å². The lowest BCUT2D eigenvalue weighted by Gasteiger charge is -2.24. The average Bonchev–Trinajstić information content (AvgIpc) is 3.05. The van der Waals surface area contributed by atoms with E-state index < -0.39 is 47.8 Å². The minimum Gasteiger partial charge on any atom is -0.368 e. The van der Waals surface area contributed by atoms with Gasteiger partial charge in [-0.3, -0.25) is 24.0 Å². The van der Waals surface area contributed by atoms with E-state index in [4.69, 9.17) is 5.73 Å². The fourth-order valence-electron chi connectivity index (χ4n) is 4.58. The van der Waals surface area contributed by atoms with Crippen LogP contribution in [0.2, 0.25) is 0 Å². The Morgan fingerprint density at radius 3 is 1.47 bits per heavy atom. The van der Waals surface area contributed by atoms with Crippen LogP contribution >= 0.6 is 12.6 Å². The van der Waals surface area contributed by atoms with E-state index in [1.807, 2.05) is 54.6 Å². The standard InChI is InChI=1S/C33H40N6O5S/c1-35-26(18-23-13-7-3-8-14-23)31(42)36-20-29(40)37-27(19-24-15-9-4-10-16-24)32(43)39-28(21-45)33(44)38-25(30(34)41)17-22-11-5-2-6-12-22/h2-16,25-28,35,45H,17-21H2,1H3,(H2,34,41)(H,36,42)(H,37,40)(H,38,44)(H,39,43)/t25?,26?,27?,28-/m0/s1. The minimum atomic E-state index is -1.12. The second-order valence-electron chi connectivity index (χ2n) is 10.5. The lowest BCUT2D eigenvalue weighted by molar-refractivity contribution is -0.133. The molecule has 0 saturated carbocycles. The molecule has 4 atom stereocenters. The third-order valence-electron chi connectivity index (χ3n) is 7.06. The Morgan fingerprint density at radius 1 is 0.600 bits per heavy atom. The van der Waals surface area contributed by atoms with E-state index in [1.165, 1.54) is 0 Å². The molecular formula is C33H40N6O5S. The molecule has 45 heavy (non-hydrogen) atoms. The van der Waals surface area contributed by atoms with Gasteiger partial charge in [0, 0.05) is 18.6 Å². The molecule has 238 valence electrons. The Balaban J connectivity index is 1.64. The Kier molecular flexibility index (Phi) is 14.1. The lowest BCUT2D eigenvalue weighted by Crippen LogP contribution is -2.58. The van der Waals surface area contributed by atoms with Crippen LogP contribution in [0.5, 0.6) is 0 Å². The van der Waals surface area contributed by atoms with Gasteiger partial charge in [0.05, 0.1) is 12.6 Å². The van der Waals surface area contributed by atoms with Crippen molar-refractivity contribution >= 4 is 42.2 Å². The second-order valence-corrected chi connectivity index (χ2v) is 10.8. The first-order chi connectivity index (χ1) is 21.7. The maximum Gasteiger partial charge on any atom is 0.244 e. The Morgan fingerprint density at radius 2 is 1.02 bits per heavy atom. The van der Waals surface area contributed by atoms with E-state index in [-0.39, 0.29) is 31.0 Å². The molecule has 0 spiro atoms. The zero-order chi connectivity index (χ0) is 32.6. The van der Waals surface area contributed by atoms with E-state index in [2.05, 4.69) is 39.2 Å². The van der Waals surface area contributed by atoms with Crippen LogP contribution in [0.3, 0.4) is 0 Å². The monoisotopic (exact) mass is 632 g/mol. The first-order valence-corrected chi connectivity index (χ1v) is 15.2. The Bertz CT molecular complexity index is 1410. The van der Waals surface area contributed by atoms with Gasteiger partial charge in [-0.1, -0.05) is 91.0 Å². The molecule has 0 aliphatic carbocycles. The number of likely N-dealkylation sites (N-methyl/N-ethyl adjacent to an activating group) is 1. The van der Waals surface area contributed by atoms with Crippen molar-refractivity contribution in [3.05, 3.63) is 108 Å². The molecular weight excluding hydrogens is 592 g/mol. The van der Waals surface area contributed by atoms with Gasteiger partial charge in [-0.2, -0.15) is 12.6 Å². The number of benzene rings is 3. The number of primary amides is 1. The number of amides is 5. The minimum absolute atomic E-state index is 0.0801. The zero-order valence-corrected chi connectivity index (χ0v) is 26.0. The first kappa shape index (κ1) is 34.8. The number of carbonyl (C=O) groups excluding carboxylic acids is 5. The first-order valence-electron chi connectivity index (χ1n) is 14.6. The second kappa shape index (κ2) is 18.2. The summed E-state index contributed by atoms with van der Waals surface area (Å²) in [6.07, 6.45) is 0.727. The van der Waals surface area contributed by atoms with Crippen molar-refractivity contribution in [2.45, 2.75) is 43.4 Å². The third kappa shape index (κ3) is 11.7. The molecule has 0 aliphatic rings. The zero-order valence-electron chi connectivity index (χ0n) is 25.1. The lowest BCUT2D eigenvalue weighted by atomic mass is 10.0. The summed E-state index contributed by atoms with van der Waals surface area (Å²) in [5.41, 5.74) is 8.06. The number of thiol groups is 1. The molecule has 11 nitrogen and oxygen atoms in total. The highest BCUT2D eigenvalue weighted by Gasteiger charge is 2.29. The van der Waals surface area contributed by atoms with E-state index >= 15 is 0 Å². The Labute approximate surface area is 268 Å². The summed E-state index contributed by atoms with van der Waals surface area (Å²) < 4.78 is 0. The number of rotatable bonds is 17. The fraction of sp³-hybridized carbons (Fsp3) is 0.303. The SMILES string of the molecule is CNC(Cc1ccccc1)C(=O)NCC(=O)NC(Cc1ccccc1)C(=O)N[C@@H](CS)C(=O)NC(Cc1ccccc1)C(N)=O. The number of hydrogen-bond acceptors (Lipinski definition) is 7. The van der Waals surface area contributed by atoms with Gasteiger partial charge in [0.1, 0.15) is 18.1 Å². The van der Waals surface area contributed by atoms with E-state index in [1.54, 1.807) is 43.4 Å². The van der Waals surface area contributed by atoms with Crippen LogP contribution in [-0.2, 0) is 43.2 Å². The number of nitrogens with two attached hydrogens (primary N) is 1. The summed E-state index contributed by atoms with van der Waals surface area (Å²) in [5.74, 6) is -3.04. The molecule has 0 fully saturated rings. The molecule has 3 aromatic carbocycles. The third-order valence-corrected chi connectivity index (χ3v) is 7.43. The molecule has 0 aromatic heterocycles. The molecule has 12 heteroatoms. The summed E-state index contributed by atoms with van der Waals surface area (Å²) in [4.78, 5) is 64.3. The van der Waals surface area contributed by atoms with Crippen molar-refractivity contribution < 1.29 is 24.0 Å². The van der Waals surface area contributed by atoms with Crippen LogP contribution in [0.25, 0.3) is 0 Å². The molecule has 3 unspecified atom stereocenters. The van der Waals surface area contributed by atoms with Gasteiger partial charge in [0.2, 0.25) is 29.5 Å². The molecule has 5 amide bonds. The quantitative estimate of drug-likeness (QED) is 0.105. The molecule has 0 radical (unpaired) electrons. The Hall–Kier alpha value is -4.68. The van der Waals surface area contributed by atoms with Crippen molar-refractivity contribution in [2.24, 2.45) is 5.73 Å². The molecule has 3 aromatic rings. The van der Waals surface area contributed by atoms with Gasteiger partial charge >= 0.3 is 0 Å². The number of hydrogen-bond donors (Lipinski definition) is 7. The summed E-state index contributed by atoms with van der Waals surface area (Å²) in [7, 11) is 1.66. The molecule has 0 saturated heterocycles. The summed E-state index contributed by atoms with van der Waals surface area (Å²) in [5, 5.41) is 13.5. The molecule has 0 bridgehead atoms. The maximum atomic E-state index is 13.4. The summed E-state index contributed by atoms with van der Waals surface area (Å²) in [6, 6.07) is 23.8. The molecule has 0 heterocycles. The van der Waals surface area contributed by atoms with Crippen molar-refractivity contribution in [1.82, 2.24) is 26.6 Å². The van der Waals surface area contributed by atoms with Crippen LogP contribution in [0.1, 0.15) is 16.7 Å². The highest BCUT2D eigenvalue weighted by molar-refractivity contribution is 7.80. The van der Waals surface area contributed by atoms with Crippen molar-refractivity contribution in [3.8, 4) is 0 Å². The van der Waals surface area contributed by atoms with Crippen molar-refractivity contribution in [2.75, 3.05) is 19.3 Å². The van der Waals surface area contributed by atoms with Crippen molar-refractivity contribution in [3.63, 3.8) is 0 Å². The van der Waals surface area contributed by atoms with Crippen LogP contribution < -0.4 is 32.3 Å². The van der Waals surface area contributed by atoms with Crippen LogP contribution in [0, 0.1) is 0 Å². The maximum absolute atomic E-state index is 13.4. The molecule has 3 rings (SSSR count). The van der Waals surface area contributed by atoms with Gasteiger partial charge in [-0.25, -0.2) is 0 Å². The van der Waals surface area contributed by atoms with Crippen LogP contribution in [0.4, 0.5) is 0 Å². The normalized spacial score (nSPS) is 13.4. The van der Waals surface area contributed by atoms with Gasteiger partial charge in [-0.15, -0.1) is 0 Å². The predicted molar refractivity (Wildman–Crippen MR) is 175 cm³/mol. The summed E-state index contributed by atoms with van der Waals surface area (Å²) >= 11 is 4.23. The predicted octanol–water partition coefficient (Wildman–Crippen LogP) is 0.288. The average molecular weight is 633 g/mol. The van der Waals surface area contributed by atoms with E-state index in [0.717, 1.165) is 16.7 Å². The van der Waals surface area contributed by atoms with Crippen molar-refractivity contribution in [1.29, 1.82) is 0 Å². The highest BCUT2D eigenvalue weighted by atomic mass is 32.1. The largest absolute Gasteiger partial charge is 0.368 e. The van der Waals surface area contributed by atoms with Crippen LogP contribution in [-0.4, -0.2) is 73.0 Å². The van der Waals surface area contributed by atoms with Gasteiger partial charge in [-0.05, 0) is 30.2 Å². The van der Waals surface area contributed by atoms with Crippen LogP contribution in [0.15, 0.2) is 91.0 Å². The highest BCUT2D eigenvalue weighted by Crippen LogP contribution is 2.07. The summed E-state index contributed by atoms with van der Waals surface area (Å²) in [6.45, 7) is -0.360. The number of nitrogens with one attached hydrogen (secondary N) is 5. The van der Waals surface area contributed by atoms with E-state index in [9.17, 15) is 24.0 Å². The molecule has 7 N–H and O–H groups in total. The topological polar surface area (TPSA) is 172 Å². The fourth-order valence-corrected chi connectivity index (χ4v) is 4.84. The van der Waals surface area contributed by atoms with Gasteiger partial charge in [0.25, 0.3) is 0 Å².